The van der Waals surface area contributed by atoms with E-state index in [4.69, 9.17) is 0 Å². The van der Waals surface area contributed by atoms with Crippen LogP contribution in [0.3, 0.4) is 0 Å². The van der Waals surface area contributed by atoms with Crippen molar-refractivity contribution in [3.8, 4) is 17.2 Å². The van der Waals surface area contributed by atoms with Gasteiger partial charge in [-0.05, 0) is 48.1 Å². The predicted molar refractivity (Wildman–Crippen MR) is 109 cm³/mol. The van der Waals surface area contributed by atoms with Gasteiger partial charge in [0.15, 0.2) is 17.4 Å². The number of nitrogens with zero attached hydrogens (tertiary/aromatic N) is 1. The first-order chi connectivity index (χ1) is 15.1. The van der Waals surface area contributed by atoms with Gasteiger partial charge in [-0.2, -0.15) is 18.4 Å². The summed E-state index contributed by atoms with van der Waals surface area (Å²) < 4.78 is 68.3. The maximum Gasteiger partial charge on any atom is 0.407 e. The molecule has 1 aliphatic carbocycles. The van der Waals surface area contributed by atoms with E-state index < -0.39 is 41.1 Å². The van der Waals surface area contributed by atoms with Crippen LogP contribution in [0.5, 0.6) is 0 Å². The highest BCUT2D eigenvalue weighted by atomic mass is 19.4. The van der Waals surface area contributed by atoms with Gasteiger partial charge in [0.05, 0.1) is 17.5 Å². The summed E-state index contributed by atoms with van der Waals surface area (Å²) in [5.74, 6) is -2.45. The molecule has 8 heteroatoms. The third-order valence-corrected chi connectivity index (χ3v) is 5.76. The zero-order valence-electron chi connectivity index (χ0n) is 17.5. The molecule has 0 spiro atoms. The molecule has 1 aliphatic rings. The molecule has 0 saturated heterocycles. The minimum atomic E-state index is -4.66. The SMILES string of the molecule is CCC[C@H](N[C@@H](c1ccc(-c2ccc(F)c(F)c2)cc1)C(F)(F)F)C(=O)CC1(C#N)CC1. The summed E-state index contributed by atoms with van der Waals surface area (Å²) in [6.45, 7) is 1.78. The quantitative estimate of drug-likeness (QED) is 0.459. The molecule has 0 aromatic heterocycles. The molecule has 170 valence electrons. The number of nitrogens with one attached hydrogen (secondary N) is 1. The summed E-state index contributed by atoms with van der Waals surface area (Å²) in [6.07, 6.45) is -2.82. The summed E-state index contributed by atoms with van der Waals surface area (Å²) >= 11 is 0. The van der Waals surface area contributed by atoms with Crippen LogP contribution in [0, 0.1) is 28.4 Å². The number of rotatable bonds is 9. The van der Waals surface area contributed by atoms with Gasteiger partial charge in [-0.25, -0.2) is 8.78 Å². The molecule has 0 heterocycles. The molecule has 2 atom stereocenters. The number of alkyl halides is 3. The van der Waals surface area contributed by atoms with E-state index in [0.29, 0.717) is 30.4 Å². The fraction of sp³-hybridized carbons (Fsp3) is 0.417. The molecule has 0 amide bonds. The lowest BCUT2D eigenvalue weighted by atomic mass is 9.93. The number of hydrogen-bond donors (Lipinski definition) is 1. The fourth-order valence-electron chi connectivity index (χ4n) is 3.69. The van der Waals surface area contributed by atoms with Crippen LogP contribution in [-0.2, 0) is 4.79 Å². The normalized spacial score (nSPS) is 16.8. The van der Waals surface area contributed by atoms with Crippen LogP contribution in [0.1, 0.15) is 50.6 Å². The van der Waals surface area contributed by atoms with Crippen molar-refractivity contribution in [2.75, 3.05) is 0 Å². The van der Waals surface area contributed by atoms with Crippen LogP contribution < -0.4 is 5.32 Å². The maximum absolute atomic E-state index is 13.9. The van der Waals surface area contributed by atoms with E-state index in [1.807, 2.05) is 0 Å². The van der Waals surface area contributed by atoms with Gasteiger partial charge in [0, 0.05) is 6.42 Å². The van der Waals surface area contributed by atoms with Gasteiger partial charge >= 0.3 is 6.18 Å². The third-order valence-electron chi connectivity index (χ3n) is 5.76. The number of carbonyl (C=O) groups is 1. The van der Waals surface area contributed by atoms with Crippen LogP contribution in [0.4, 0.5) is 22.0 Å². The first kappa shape index (κ1) is 23.9. The van der Waals surface area contributed by atoms with Crippen molar-refractivity contribution in [3.63, 3.8) is 0 Å². The molecular weight excluding hydrogens is 427 g/mol. The Hall–Kier alpha value is -2.79. The van der Waals surface area contributed by atoms with Gasteiger partial charge < -0.3 is 0 Å². The van der Waals surface area contributed by atoms with Crippen LogP contribution in [0.2, 0.25) is 0 Å². The average molecular weight is 450 g/mol. The summed E-state index contributed by atoms with van der Waals surface area (Å²) in [5.41, 5.74) is -0.0688. The molecule has 2 aromatic carbocycles. The van der Waals surface area contributed by atoms with Crippen molar-refractivity contribution < 1.29 is 26.7 Å². The molecular formula is C24H23F5N2O. The van der Waals surface area contributed by atoms with Crippen molar-refractivity contribution >= 4 is 5.78 Å². The molecule has 0 bridgehead atoms. The van der Waals surface area contributed by atoms with Crippen molar-refractivity contribution in [1.29, 1.82) is 5.26 Å². The van der Waals surface area contributed by atoms with Gasteiger partial charge in [0.2, 0.25) is 0 Å². The number of benzene rings is 2. The molecule has 3 nitrogen and oxygen atoms in total. The van der Waals surface area contributed by atoms with Crippen molar-refractivity contribution in [2.24, 2.45) is 5.41 Å². The molecule has 1 saturated carbocycles. The van der Waals surface area contributed by atoms with E-state index in [1.54, 1.807) is 6.92 Å². The summed E-state index contributed by atoms with van der Waals surface area (Å²) in [6, 6.07) is 7.57. The molecule has 0 radical (unpaired) electrons. The largest absolute Gasteiger partial charge is 0.407 e. The van der Waals surface area contributed by atoms with Crippen molar-refractivity contribution in [2.45, 2.75) is 57.3 Å². The standard InChI is InChI=1S/C24H23F5N2O/c1-2-3-20(21(32)13-23(14-30)10-11-23)31-22(24(27,28)29)16-6-4-15(5-7-16)17-8-9-18(25)19(26)12-17/h4-9,12,20,22,31H,2-3,10-11,13H2,1H3/t20-,22-/m0/s1. The first-order valence-electron chi connectivity index (χ1n) is 10.4. The van der Waals surface area contributed by atoms with Crippen LogP contribution in [0.25, 0.3) is 11.1 Å². The topological polar surface area (TPSA) is 52.9 Å². The van der Waals surface area contributed by atoms with E-state index in [1.165, 1.54) is 30.3 Å². The number of halogens is 5. The Morgan fingerprint density at radius 3 is 2.22 bits per heavy atom. The Kier molecular flexibility index (Phi) is 6.99. The Morgan fingerprint density at radius 2 is 1.72 bits per heavy atom. The molecule has 1 fully saturated rings. The van der Waals surface area contributed by atoms with E-state index in [0.717, 1.165) is 12.1 Å². The number of Topliss-reactive ketones (excluding diaryl/α,β-unsaturated/α-hetero) is 1. The monoisotopic (exact) mass is 450 g/mol. The highest BCUT2D eigenvalue weighted by molar-refractivity contribution is 5.85. The van der Waals surface area contributed by atoms with Crippen molar-refractivity contribution in [1.82, 2.24) is 5.32 Å². The second-order valence-corrected chi connectivity index (χ2v) is 8.27. The van der Waals surface area contributed by atoms with E-state index in [2.05, 4.69) is 11.4 Å². The summed E-state index contributed by atoms with van der Waals surface area (Å²) in [4.78, 5) is 12.7. The van der Waals surface area contributed by atoms with Gasteiger partial charge in [-0.1, -0.05) is 43.7 Å². The molecule has 3 rings (SSSR count). The number of ketones is 1. The summed E-state index contributed by atoms with van der Waals surface area (Å²) in [7, 11) is 0. The highest BCUT2D eigenvalue weighted by Gasteiger charge is 2.47. The lowest BCUT2D eigenvalue weighted by molar-refractivity contribution is -0.160. The van der Waals surface area contributed by atoms with Crippen LogP contribution in [-0.4, -0.2) is 18.0 Å². The second-order valence-electron chi connectivity index (χ2n) is 8.27. The number of nitriles is 1. The zero-order valence-corrected chi connectivity index (χ0v) is 17.5. The van der Waals surface area contributed by atoms with Gasteiger partial charge in [0.25, 0.3) is 0 Å². The average Bonchev–Trinajstić information content (AvgIpc) is 3.52. The second kappa shape index (κ2) is 9.37. The summed E-state index contributed by atoms with van der Waals surface area (Å²) in [5, 5.41) is 11.7. The number of hydrogen-bond acceptors (Lipinski definition) is 3. The minimum absolute atomic E-state index is 0.0547. The molecule has 0 unspecified atom stereocenters. The van der Waals surface area contributed by atoms with Gasteiger partial charge in [-0.15, -0.1) is 0 Å². The predicted octanol–water partition coefficient (Wildman–Crippen LogP) is 6.26. The molecule has 0 aliphatic heterocycles. The van der Waals surface area contributed by atoms with E-state index >= 15 is 0 Å². The van der Waals surface area contributed by atoms with Crippen LogP contribution in [0.15, 0.2) is 42.5 Å². The highest BCUT2D eigenvalue weighted by Crippen LogP contribution is 2.48. The van der Waals surface area contributed by atoms with Gasteiger partial charge in [0.1, 0.15) is 6.04 Å². The number of carbonyl (C=O) groups excluding carboxylic acids is 1. The van der Waals surface area contributed by atoms with E-state index in [-0.39, 0.29) is 18.4 Å². The lowest BCUT2D eigenvalue weighted by Crippen LogP contribution is -2.45. The van der Waals surface area contributed by atoms with Gasteiger partial charge in [-0.3, -0.25) is 10.1 Å². The Balaban J connectivity index is 1.83. The molecule has 2 aromatic rings. The van der Waals surface area contributed by atoms with Crippen LogP contribution >= 0.6 is 0 Å². The lowest BCUT2D eigenvalue weighted by Gasteiger charge is -2.27. The maximum atomic E-state index is 13.9. The molecule has 32 heavy (non-hydrogen) atoms. The van der Waals surface area contributed by atoms with E-state index in [9.17, 15) is 32.0 Å². The Bertz CT molecular complexity index is 1010. The van der Waals surface area contributed by atoms with Crippen molar-refractivity contribution in [3.05, 3.63) is 59.7 Å². The first-order valence-corrected chi connectivity index (χ1v) is 10.4. The third kappa shape index (κ3) is 5.52. The molecule has 1 N–H and O–H groups in total. The minimum Gasteiger partial charge on any atom is -0.298 e. The Morgan fingerprint density at radius 1 is 1.09 bits per heavy atom. The zero-order chi connectivity index (χ0) is 23.5. The fourth-order valence-corrected chi connectivity index (χ4v) is 3.69. The Labute approximate surface area is 183 Å². The smallest absolute Gasteiger partial charge is 0.298 e.